The minimum Gasteiger partial charge on any atom is -0.305 e. The van der Waals surface area contributed by atoms with Gasteiger partial charge in [-0.2, -0.15) is 5.10 Å². The Hall–Kier alpha value is -0.590. The van der Waals surface area contributed by atoms with Gasteiger partial charge in [-0.05, 0) is 59.3 Å². The van der Waals surface area contributed by atoms with E-state index in [0.717, 1.165) is 32.8 Å². The van der Waals surface area contributed by atoms with Crippen molar-refractivity contribution in [1.82, 2.24) is 15.1 Å². The van der Waals surface area contributed by atoms with Gasteiger partial charge in [0.05, 0.1) is 16.8 Å². The van der Waals surface area contributed by atoms with E-state index in [9.17, 15) is 0 Å². The summed E-state index contributed by atoms with van der Waals surface area (Å²) in [6.45, 7) is 3.11. The first kappa shape index (κ1) is 14.8. The molecule has 102 valence electrons. The van der Waals surface area contributed by atoms with Gasteiger partial charge < -0.3 is 5.32 Å². The van der Waals surface area contributed by atoms with Crippen molar-refractivity contribution in [2.75, 3.05) is 6.54 Å². The highest BCUT2D eigenvalue weighted by molar-refractivity contribution is 14.1. The van der Waals surface area contributed by atoms with Gasteiger partial charge in [-0.25, -0.2) is 0 Å². The molecule has 2 aromatic rings. The Morgan fingerprint density at radius 2 is 2.21 bits per heavy atom. The highest BCUT2D eigenvalue weighted by Gasteiger charge is 2.16. The van der Waals surface area contributed by atoms with Crippen LogP contribution < -0.4 is 5.32 Å². The Balaban J connectivity index is 2.33. The molecule has 0 amide bonds. The third kappa shape index (κ3) is 3.70. The lowest BCUT2D eigenvalue weighted by atomic mass is 10.0. The Bertz CT molecular complexity index is 553. The number of benzene rings is 1. The summed E-state index contributed by atoms with van der Waals surface area (Å²) < 4.78 is 2.89. The zero-order chi connectivity index (χ0) is 13.8. The summed E-state index contributed by atoms with van der Waals surface area (Å²) >= 11 is 8.46. The van der Waals surface area contributed by atoms with Crippen molar-refractivity contribution in [2.45, 2.75) is 19.4 Å². The molecule has 1 aromatic heterocycles. The van der Waals surface area contributed by atoms with Crippen LogP contribution in [0.3, 0.4) is 0 Å². The Kier molecular flexibility index (Phi) is 5.24. The fourth-order valence-corrected chi connectivity index (χ4v) is 2.49. The van der Waals surface area contributed by atoms with E-state index in [2.05, 4.69) is 46.0 Å². The summed E-state index contributed by atoms with van der Waals surface area (Å²) in [5, 5.41) is 8.82. The first-order valence-corrected chi connectivity index (χ1v) is 7.75. The number of nitrogens with one attached hydrogen (secondary N) is 1. The smallest absolute Gasteiger partial charge is 0.0839 e. The van der Waals surface area contributed by atoms with Crippen LogP contribution in [-0.4, -0.2) is 16.3 Å². The molecule has 0 spiro atoms. The summed E-state index contributed by atoms with van der Waals surface area (Å²) in [5.41, 5.74) is 2.17. The van der Waals surface area contributed by atoms with E-state index < -0.39 is 0 Å². The highest BCUT2D eigenvalue weighted by Crippen LogP contribution is 2.26. The van der Waals surface area contributed by atoms with Gasteiger partial charge in [-0.1, -0.05) is 24.6 Å². The van der Waals surface area contributed by atoms with E-state index in [-0.39, 0.29) is 6.04 Å². The van der Waals surface area contributed by atoms with Crippen LogP contribution in [0.25, 0.3) is 0 Å². The van der Waals surface area contributed by atoms with Crippen LogP contribution in [0.2, 0.25) is 5.02 Å². The lowest BCUT2D eigenvalue weighted by molar-refractivity contribution is 0.575. The molecule has 1 unspecified atom stereocenters. The van der Waals surface area contributed by atoms with Gasteiger partial charge in [0.25, 0.3) is 0 Å². The summed E-state index contributed by atoms with van der Waals surface area (Å²) in [6.07, 6.45) is 3.05. The standard InChI is InChI=1S/C14H17ClIN3/c1-3-7-17-14(13-6-8-19(2)18-13)10-4-5-12(16)11(15)9-10/h4-6,8-9,14,17H,3,7H2,1-2H3. The monoisotopic (exact) mass is 389 g/mol. The van der Waals surface area contributed by atoms with Crippen LogP contribution in [0.15, 0.2) is 30.5 Å². The van der Waals surface area contributed by atoms with Crippen molar-refractivity contribution in [2.24, 2.45) is 7.05 Å². The second-order valence-electron chi connectivity index (χ2n) is 4.47. The molecule has 0 fully saturated rings. The summed E-state index contributed by atoms with van der Waals surface area (Å²) in [7, 11) is 1.93. The van der Waals surface area contributed by atoms with Crippen LogP contribution >= 0.6 is 34.2 Å². The number of aryl methyl sites for hydroxylation is 1. The van der Waals surface area contributed by atoms with Crippen LogP contribution in [0, 0.1) is 3.57 Å². The van der Waals surface area contributed by atoms with Crippen LogP contribution in [0.1, 0.15) is 30.6 Å². The number of hydrogen-bond donors (Lipinski definition) is 1. The molecular formula is C14H17ClIN3. The molecule has 0 saturated heterocycles. The predicted octanol–water partition coefficient (Wildman–Crippen LogP) is 3.77. The van der Waals surface area contributed by atoms with E-state index >= 15 is 0 Å². The van der Waals surface area contributed by atoms with Crippen molar-refractivity contribution in [3.05, 3.63) is 50.3 Å². The van der Waals surface area contributed by atoms with Crippen molar-refractivity contribution in [3.63, 3.8) is 0 Å². The quantitative estimate of drug-likeness (QED) is 0.789. The molecule has 2 rings (SSSR count). The van der Waals surface area contributed by atoms with Gasteiger partial charge in [0.1, 0.15) is 0 Å². The van der Waals surface area contributed by atoms with Gasteiger partial charge in [-0.15, -0.1) is 0 Å². The van der Waals surface area contributed by atoms with Gasteiger partial charge >= 0.3 is 0 Å². The van der Waals surface area contributed by atoms with Crippen molar-refractivity contribution in [1.29, 1.82) is 0 Å². The fourth-order valence-electron chi connectivity index (χ4n) is 1.96. The zero-order valence-corrected chi connectivity index (χ0v) is 13.9. The Morgan fingerprint density at radius 1 is 1.42 bits per heavy atom. The first-order valence-electron chi connectivity index (χ1n) is 6.29. The normalized spacial score (nSPS) is 12.6. The third-order valence-electron chi connectivity index (χ3n) is 2.91. The average Bonchev–Trinajstić information content (AvgIpc) is 2.80. The van der Waals surface area contributed by atoms with Gasteiger partial charge in [0.15, 0.2) is 0 Å². The number of aromatic nitrogens is 2. The molecule has 0 aliphatic rings. The molecule has 1 heterocycles. The summed E-state index contributed by atoms with van der Waals surface area (Å²) in [6, 6.07) is 8.30. The molecule has 1 N–H and O–H groups in total. The molecule has 5 heteroatoms. The van der Waals surface area contributed by atoms with Gasteiger partial charge in [0, 0.05) is 16.8 Å². The lowest BCUT2D eigenvalue weighted by Gasteiger charge is -2.17. The van der Waals surface area contributed by atoms with Crippen LogP contribution in [-0.2, 0) is 7.05 Å². The molecular weight excluding hydrogens is 373 g/mol. The fraction of sp³-hybridized carbons (Fsp3) is 0.357. The molecule has 19 heavy (non-hydrogen) atoms. The number of nitrogens with zero attached hydrogens (tertiary/aromatic N) is 2. The maximum Gasteiger partial charge on any atom is 0.0839 e. The van der Waals surface area contributed by atoms with E-state index in [1.54, 1.807) is 0 Å². The predicted molar refractivity (Wildman–Crippen MR) is 87.5 cm³/mol. The minimum absolute atomic E-state index is 0.0932. The molecule has 0 aliphatic carbocycles. The number of rotatable bonds is 5. The third-order valence-corrected chi connectivity index (χ3v) is 4.48. The van der Waals surface area contributed by atoms with Crippen molar-refractivity contribution >= 4 is 34.2 Å². The molecule has 1 atom stereocenters. The van der Waals surface area contributed by atoms with Gasteiger partial charge in [-0.3, -0.25) is 4.68 Å². The van der Waals surface area contributed by atoms with Crippen LogP contribution in [0.5, 0.6) is 0 Å². The summed E-state index contributed by atoms with van der Waals surface area (Å²) in [4.78, 5) is 0. The first-order chi connectivity index (χ1) is 9.11. The second kappa shape index (κ2) is 6.72. The number of hydrogen-bond acceptors (Lipinski definition) is 2. The Morgan fingerprint density at radius 3 is 2.79 bits per heavy atom. The summed E-state index contributed by atoms with van der Waals surface area (Å²) in [5.74, 6) is 0. The molecule has 0 bridgehead atoms. The molecule has 0 saturated carbocycles. The van der Waals surface area contributed by atoms with Gasteiger partial charge in [0.2, 0.25) is 0 Å². The van der Waals surface area contributed by atoms with E-state index in [1.807, 2.05) is 36.1 Å². The maximum absolute atomic E-state index is 6.22. The molecule has 0 radical (unpaired) electrons. The molecule has 1 aromatic carbocycles. The minimum atomic E-state index is 0.0932. The molecule has 3 nitrogen and oxygen atoms in total. The lowest BCUT2D eigenvalue weighted by Crippen LogP contribution is -2.23. The van der Waals surface area contributed by atoms with Crippen molar-refractivity contribution in [3.8, 4) is 0 Å². The zero-order valence-electron chi connectivity index (χ0n) is 11.0. The van der Waals surface area contributed by atoms with E-state index in [1.165, 1.54) is 0 Å². The Labute approximate surface area is 132 Å². The van der Waals surface area contributed by atoms with Crippen LogP contribution in [0.4, 0.5) is 0 Å². The van der Waals surface area contributed by atoms with E-state index in [0.29, 0.717) is 0 Å². The van der Waals surface area contributed by atoms with Crippen molar-refractivity contribution < 1.29 is 0 Å². The number of halogens is 2. The largest absolute Gasteiger partial charge is 0.305 e. The maximum atomic E-state index is 6.22. The topological polar surface area (TPSA) is 29.9 Å². The molecule has 0 aliphatic heterocycles. The SMILES string of the molecule is CCCNC(c1ccc(I)c(Cl)c1)c1ccn(C)n1. The second-order valence-corrected chi connectivity index (χ2v) is 6.04. The van der Waals surface area contributed by atoms with E-state index in [4.69, 9.17) is 11.6 Å². The average molecular weight is 390 g/mol. The highest BCUT2D eigenvalue weighted by atomic mass is 127.